The standard InChI is InChI=1S/C27H31ClFN5O4.2ClH/c1-36-10-9-34-7-5-18(6-8-34)13-26(35)33-24-15-20-23(16-25(24)38-12-11-37-2)30-17-31-27(20)32-19-3-4-22(29)21(28)14-19;;/h3-4,13-17H,5-12H2,1-2H3,(H,33,35)(H,30,31,32);2*1H. The highest BCUT2D eigenvalue weighted by molar-refractivity contribution is 6.31. The van der Waals surface area contributed by atoms with Crippen LogP contribution in [0.2, 0.25) is 5.02 Å². The maximum atomic E-state index is 13.6. The molecule has 13 heteroatoms. The second kappa shape index (κ2) is 16.5. The summed E-state index contributed by atoms with van der Waals surface area (Å²) in [6, 6.07) is 7.81. The van der Waals surface area contributed by atoms with E-state index in [-0.39, 0.29) is 35.7 Å². The summed E-state index contributed by atoms with van der Waals surface area (Å²) in [5, 5.41) is 6.75. The van der Waals surface area contributed by atoms with E-state index in [0.29, 0.717) is 53.7 Å². The number of halogens is 4. The molecular weight excluding hydrogens is 584 g/mol. The van der Waals surface area contributed by atoms with Crippen LogP contribution in [0, 0.1) is 5.82 Å². The van der Waals surface area contributed by atoms with Crippen molar-refractivity contribution in [1.82, 2.24) is 14.9 Å². The van der Waals surface area contributed by atoms with Crippen LogP contribution in [0.3, 0.4) is 0 Å². The molecule has 0 spiro atoms. The molecule has 3 aromatic rings. The van der Waals surface area contributed by atoms with E-state index in [9.17, 15) is 9.18 Å². The number of hydrogen-bond donors (Lipinski definition) is 2. The molecule has 218 valence electrons. The molecule has 0 atom stereocenters. The molecule has 0 aliphatic carbocycles. The van der Waals surface area contributed by atoms with E-state index in [2.05, 4.69) is 25.5 Å². The number of carbonyl (C=O) groups is 1. The lowest BCUT2D eigenvalue weighted by Crippen LogP contribution is -2.33. The fourth-order valence-electron chi connectivity index (χ4n) is 4.13. The molecule has 2 heterocycles. The Balaban J connectivity index is 0.00000280. The topological polar surface area (TPSA) is 97.8 Å². The molecule has 0 bridgehead atoms. The van der Waals surface area contributed by atoms with Crippen molar-refractivity contribution in [2.24, 2.45) is 0 Å². The predicted octanol–water partition coefficient (Wildman–Crippen LogP) is 5.64. The van der Waals surface area contributed by atoms with E-state index in [1.165, 1.54) is 18.5 Å². The number of methoxy groups -OCH3 is 2. The lowest BCUT2D eigenvalue weighted by atomic mass is 10.0. The molecule has 2 aromatic carbocycles. The molecule has 1 aliphatic rings. The molecule has 0 saturated carbocycles. The number of nitrogens with one attached hydrogen (secondary N) is 2. The number of ether oxygens (including phenoxy) is 3. The monoisotopic (exact) mass is 615 g/mol. The molecule has 4 rings (SSSR count). The van der Waals surface area contributed by atoms with Crippen LogP contribution in [-0.4, -0.2) is 74.4 Å². The number of anilines is 3. The summed E-state index contributed by atoms with van der Waals surface area (Å²) >= 11 is 5.94. The zero-order chi connectivity index (χ0) is 26.9. The first-order valence-electron chi connectivity index (χ1n) is 12.3. The minimum absolute atomic E-state index is 0. The summed E-state index contributed by atoms with van der Waals surface area (Å²) in [6.07, 6.45) is 4.73. The summed E-state index contributed by atoms with van der Waals surface area (Å²) in [7, 11) is 3.29. The van der Waals surface area contributed by atoms with Crippen LogP contribution in [0.5, 0.6) is 5.75 Å². The van der Waals surface area contributed by atoms with Crippen LogP contribution in [0.25, 0.3) is 10.9 Å². The highest BCUT2D eigenvalue weighted by atomic mass is 35.5. The second-order valence-electron chi connectivity index (χ2n) is 8.81. The number of benzene rings is 2. The van der Waals surface area contributed by atoms with Gasteiger partial charge in [0, 0.05) is 57.1 Å². The largest absolute Gasteiger partial charge is 0.489 e. The van der Waals surface area contributed by atoms with Gasteiger partial charge in [0.15, 0.2) is 0 Å². The fraction of sp³-hybridized carbons (Fsp3) is 0.370. The summed E-state index contributed by atoms with van der Waals surface area (Å²) in [4.78, 5) is 24.0. The van der Waals surface area contributed by atoms with E-state index >= 15 is 0 Å². The Morgan fingerprint density at radius 2 is 1.82 bits per heavy atom. The SMILES string of the molecule is COCCOc1cc2ncnc(Nc3ccc(F)c(Cl)c3)c2cc1NC(=O)C=C1CCN(CCOC)CC1.Cl.Cl. The van der Waals surface area contributed by atoms with Crippen molar-refractivity contribution in [1.29, 1.82) is 0 Å². The number of hydrogen-bond acceptors (Lipinski definition) is 8. The second-order valence-corrected chi connectivity index (χ2v) is 9.22. The van der Waals surface area contributed by atoms with E-state index in [1.807, 2.05) is 0 Å². The fourth-order valence-corrected chi connectivity index (χ4v) is 4.31. The maximum absolute atomic E-state index is 13.6. The van der Waals surface area contributed by atoms with Crippen LogP contribution in [0.4, 0.5) is 21.6 Å². The van der Waals surface area contributed by atoms with Gasteiger partial charge in [-0.25, -0.2) is 14.4 Å². The van der Waals surface area contributed by atoms with Gasteiger partial charge in [-0.15, -0.1) is 24.8 Å². The predicted molar refractivity (Wildman–Crippen MR) is 160 cm³/mol. The highest BCUT2D eigenvalue weighted by Gasteiger charge is 2.17. The third-order valence-corrected chi connectivity index (χ3v) is 6.46. The first-order chi connectivity index (χ1) is 18.5. The number of piperidine rings is 1. The first kappa shape index (κ1) is 33.5. The summed E-state index contributed by atoms with van der Waals surface area (Å²) in [6.45, 7) is 4.05. The molecule has 1 saturated heterocycles. The number of nitrogens with zero attached hydrogens (tertiary/aromatic N) is 3. The Morgan fingerprint density at radius 1 is 1.07 bits per heavy atom. The normalized spacial score (nSPS) is 13.2. The Morgan fingerprint density at radius 3 is 2.52 bits per heavy atom. The number of likely N-dealkylation sites (tertiary alicyclic amines) is 1. The zero-order valence-electron chi connectivity index (χ0n) is 22.2. The smallest absolute Gasteiger partial charge is 0.248 e. The minimum Gasteiger partial charge on any atom is -0.489 e. The van der Waals surface area contributed by atoms with Crippen LogP contribution in [0.1, 0.15) is 12.8 Å². The Bertz CT molecular complexity index is 1300. The molecule has 1 aliphatic heterocycles. The Labute approximate surface area is 250 Å². The van der Waals surface area contributed by atoms with Gasteiger partial charge in [-0.3, -0.25) is 4.79 Å². The molecule has 1 aromatic heterocycles. The average Bonchev–Trinajstić information content (AvgIpc) is 2.91. The van der Waals surface area contributed by atoms with Gasteiger partial charge >= 0.3 is 0 Å². The van der Waals surface area contributed by atoms with E-state index in [1.54, 1.807) is 38.5 Å². The number of carbonyl (C=O) groups excluding carboxylic acids is 1. The molecular formula is C27H33Cl3FN5O4. The summed E-state index contributed by atoms with van der Waals surface area (Å²) in [5.74, 6) is 0.184. The molecule has 40 heavy (non-hydrogen) atoms. The van der Waals surface area contributed by atoms with Gasteiger partial charge in [-0.1, -0.05) is 17.2 Å². The molecule has 1 fully saturated rings. The lowest BCUT2D eigenvalue weighted by molar-refractivity contribution is -0.112. The van der Waals surface area contributed by atoms with Crippen molar-refractivity contribution in [2.45, 2.75) is 12.8 Å². The van der Waals surface area contributed by atoms with Gasteiger partial charge in [0.05, 0.1) is 29.4 Å². The molecule has 2 N–H and O–H groups in total. The van der Waals surface area contributed by atoms with Gasteiger partial charge in [-0.05, 0) is 37.1 Å². The van der Waals surface area contributed by atoms with Crippen molar-refractivity contribution in [2.75, 3.05) is 64.3 Å². The number of rotatable bonds is 11. The maximum Gasteiger partial charge on any atom is 0.248 e. The average molecular weight is 617 g/mol. The number of aromatic nitrogens is 2. The van der Waals surface area contributed by atoms with Crippen molar-refractivity contribution in [3.8, 4) is 5.75 Å². The lowest BCUT2D eigenvalue weighted by Gasteiger charge is -2.27. The van der Waals surface area contributed by atoms with Gasteiger partial charge < -0.3 is 29.7 Å². The van der Waals surface area contributed by atoms with Crippen molar-refractivity contribution in [3.05, 3.63) is 59.1 Å². The zero-order valence-corrected chi connectivity index (χ0v) is 24.6. The van der Waals surface area contributed by atoms with Crippen LogP contribution >= 0.6 is 36.4 Å². The van der Waals surface area contributed by atoms with Crippen molar-refractivity contribution in [3.63, 3.8) is 0 Å². The van der Waals surface area contributed by atoms with Gasteiger partial charge in [0.2, 0.25) is 5.91 Å². The van der Waals surface area contributed by atoms with Gasteiger partial charge in [0.25, 0.3) is 0 Å². The molecule has 0 unspecified atom stereocenters. The third kappa shape index (κ3) is 9.15. The summed E-state index contributed by atoms with van der Waals surface area (Å²) < 4.78 is 29.8. The van der Waals surface area contributed by atoms with Crippen LogP contribution < -0.4 is 15.4 Å². The van der Waals surface area contributed by atoms with E-state index in [4.69, 9.17) is 25.8 Å². The third-order valence-electron chi connectivity index (χ3n) is 6.17. The van der Waals surface area contributed by atoms with E-state index in [0.717, 1.165) is 38.0 Å². The molecule has 9 nitrogen and oxygen atoms in total. The van der Waals surface area contributed by atoms with Gasteiger partial charge in [0.1, 0.15) is 30.3 Å². The number of amides is 1. The van der Waals surface area contributed by atoms with Crippen molar-refractivity contribution < 1.29 is 23.4 Å². The van der Waals surface area contributed by atoms with Crippen LogP contribution in [0.15, 0.2) is 48.3 Å². The first-order valence-corrected chi connectivity index (χ1v) is 12.7. The van der Waals surface area contributed by atoms with Crippen LogP contribution in [-0.2, 0) is 14.3 Å². The van der Waals surface area contributed by atoms with Gasteiger partial charge in [-0.2, -0.15) is 0 Å². The van der Waals surface area contributed by atoms with Crippen molar-refractivity contribution >= 4 is 70.4 Å². The highest BCUT2D eigenvalue weighted by Crippen LogP contribution is 2.34. The molecule has 1 amide bonds. The summed E-state index contributed by atoms with van der Waals surface area (Å²) in [5.41, 5.74) is 2.73. The minimum atomic E-state index is -0.512. The van der Waals surface area contributed by atoms with E-state index < -0.39 is 5.82 Å². The number of fused-ring (bicyclic) bond motifs is 1. The molecule has 0 radical (unpaired) electrons. The quantitative estimate of drug-likeness (QED) is 0.211. The Kier molecular flexibility index (Phi) is 13.8. The Hall–Kier alpha value is -2.73.